The Labute approximate surface area is 196 Å². The van der Waals surface area contributed by atoms with Crippen LogP contribution in [0.5, 0.6) is 17.2 Å². The molecule has 5 heteroatoms. The number of aliphatic hydroxyl groups excluding tert-OH is 1. The van der Waals surface area contributed by atoms with Gasteiger partial charge in [-0.15, -0.1) is 0 Å². The van der Waals surface area contributed by atoms with Crippen LogP contribution in [0.25, 0.3) is 10.8 Å². The summed E-state index contributed by atoms with van der Waals surface area (Å²) in [5, 5.41) is 21.0. The van der Waals surface area contributed by atoms with Crippen molar-refractivity contribution in [2.24, 2.45) is 0 Å². The smallest absolute Gasteiger partial charge is 0.123 e. The molecule has 0 amide bonds. The number of aliphatic hydroxyl groups is 1. The molecule has 3 aromatic rings. The van der Waals surface area contributed by atoms with Gasteiger partial charge in [0.05, 0.1) is 6.61 Å². The maximum atomic E-state index is 9.88. The van der Waals surface area contributed by atoms with Crippen LogP contribution in [0.4, 0.5) is 0 Å². The van der Waals surface area contributed by atoms with Gasteiger partial charge in [0.15, 0.2) is 0 Å². The van der Waals surface area contributed by atoms with E-state index in [1.165, 1.54) is 44.3 Å². The van der Waals surface area contributed by atoms with Crippen LogP contribution in [0, 0.1) is 0 Å². The van der Waals surface area contributed by atoms with Crippen molar-refractivity contribution in [2.75, 3.05) is 39.5 Å². The number of rotatable bonds is 10. The largest absolute Gasteiger partial charge is 0.508 e. The average Bonchev–Trinajstić information content (AvgIpc) is 3.10. The van der Waals surface area contributed by atoms with E-state index in [4.69, 9.17) is 14.6 Å². The molecule has 3 aromatic carbocycles. The summed E-state index contributed by atoms with van der Waals surface area (Å²) in [5.41, 5.74) is 2.25. The maximum Gasteiger partial charge on any atom is 0.123 e. The molecule has 1 saturated heterocycles. The molecule has 0 spiro atoms. The second kappa shape index (κ2) is 11.9. The van der Waals surface area contributed by atoms with Crippen LogP contribution in [0.1, 0.15) is 43.2 Å². The molecule has 4 rings (SSSR count). The summed E-state index contributed by atoms with van der Waals surface area (Å²) >= 11 is 0. The predicted molar refractivity (Wildman–Crippen MR) is 132 cm³/mol. The summed E-state index contributed by atoms with van der Waals surface area (Å²) in [4.78, 5) is 2.51. The summed E-state index contributed by atoms with van der Waals surface area (Å²) in [5.74, 6) is 1.97. The number of hydrogen-bond acceptors (Lipinski definition) is 5. The molecule has 5 nitrogen and oxygen atoms in total. The van der Waals surface area contributed by atoms with E-state index in [9.17, 15) is 5.11 Å². The first-order valence-corrected chi connectivity index (χ1v) is 12.2. The van der Waals surface area contributed by atoms with Crippen molar-refractivity contribution in [3.05, 3.63) is 65.7 Å². The van der Waals surface area contributed by atoms with E-state index in [1.807, 2.05) is 30.3 Å². The fourth-order valence-corrected chi connectivity index (χ4v) is 4.49. The van der Waals surface area contributed by atoms with Gasteiger partial charge in [-0.2, -0.15) is 0 Å². The van der Waals surface area contributed by atoms with Gasteiger partial charge in [-0.3, -0.25) is 4.90 Å². The van der Waals surface area contributed by atoms with E-state index >= 15 is 0 Å². The zero-order chi connectivity index (χ0) is 22.9. The third-order valence-electron chi connectivity index (χ3n) is 6.31. The van der Waals surface area contributed by atoms with Crippen molar-refractivity contribution in [1.82, 2.24) is 4.90 Å². The fourth-order valence-electron chi connectivity index (χ4n) is 4.49. The number of aromatic hydroxyl groups is 1. The molecule has 0 aliphatic carbocycles. The highest BCUT2D eigenvalue weighted by atomic mass is 16.5. The SMILES string of the molecule is OCCCOc1ccc2cc(O)ccc2c1Cc1ccc(OCCN2CCCCCC2)cc1. The molecule has 1 aliphatic rings. The van der Waals surface area contributed by atoms with Crippen LogP contribution >= 0.6 is 0 Å². The summed E-state index contributed by atoms with van der Waals surface area (Å²) in [7, 11) is 0. The number of phenolic OH excluding ortho intramolecular Hbond substituents is 1. The first-order chi connectivity index (χ1) is 16.2. The van der Waals surface area contributed by atoms with Crippen LogP contribution in [0.3, 0.4) is 0 Å². The summed E-state index contributed by atoms with van der Waals surface area (Å²) in [6, 6.07) is 17.7. The van der Waals surface area contributed by atoms with Crippen molar-refractivity contribution in [2.45, 2.75) is 38.5 Å². The fraction of sp³-hybridized carbons (Fsp3) is 0.429. The summed E-state index contributed by atoms with van der Waals surface area (Å²) in [6.07, 6.45) is 6.61. The molecule has 176 valence electrons. The zero-order valence-corrected chi connectivity index (χ0v) is 19.3. The van der Waals surface area contributed by atoms with Crippen molar-refractivity contribution in [1.29, 1.82) is 0 Å². The molecular weight excluding hydrogens is 414 g/mol. The van der Waals surface area contributed by atoms with Crippen LogP contribution in [-0.4, -0.2) is 54.6 Å². The van der Waals surface area contributed by atoms with Crippen molar-refractivity contribution in [3.63, 3.8) is 0 Å². The topological polar surface area (TPSA) is 62.2 Å². The second-order valence-electron chi connectivity index (χ2n) is 8.80. The van der Waals surface area contributed by atoms with E-state index in [2.05, 4.69) is 17.0 Å². The molecule has 2 N–H and O–H groups in total. The van der Waals surface area contributed by atoms with E-state index in [1.54, 1.807) is 12.1 Å². The minimum atomic E-state index is 0.107. The molecule has 0 saturated carbocycles. The standard InChI is InChI=1S/C28H35NO4/c30-17-5-18-33-28-13-8-23-21-24(31)9-12-26(23)27(28)20-22-6-10-25(11-7-22)32-19-16-29-14-3-1-2-4-15-29/h6-13,21,30-31H,1-5,14-20H2. The Morgan fingerprint density at radius 1 is 0.818 bits per heavy atom. The number of likely N-dealkylation sites (tertiary alicyclic amines) is 1. The number of fused-ring (bicyclic) bond motifs is 1. The Hall–Kier alpha value is -2.76. The molecule has 0 unspecified atom stereocenters. The molecular formula is C28H35NO4. The quantitative estimate of drug-likeness (QED) is 0.419. The van der Waals surface area contributed by atoms with E-state index in [0.717, 1.165) is 41.0 Å². The first kappa shape index (κ1) is 23.4. The van der Waals surface area contributed by atoms with Gasteiger partial charge >= 0.3 is 0 Å². The molecule has 1 heterocycles. The number of nitrogens with zero attached hydrogens (tertiary/aromatic N) is 1. The van der Waals surface area contributed by atoms with Gasteiger partial charge in [-0.05, 0) is 72.6 Å². The first-order valence-electron chi connectivity index (χ1n) is 12.2. The maximum absolute atomic E-state index is 9.88. The lowest BCUT2D eigenvalue weighted by atomic mass is 9.97. The van der Waals surface area contributed by atoms with Gasteiger partial charge in [0.25, 0.3) is 0 Å². The van der Waals surface area contributed by atoms with Gasteiger partial charge in [0.2, 0.25) is 0 Å². The van der Waals surface area contributed by atoms with Crippen LogP contribution in [0.2, 0.25) is 0 Å². The van der Waals surface area contributed by atoms with Gasteiger partial charge in [0.1, 0.15) is 23.9 Å². The van der Waals surface area contributed by atoms with Gasteiger partial charge in [-0.1, -0.05) is 37.1 Å². The van der Waals surface area contributed by atoms with Crippen LogP contribution in [0.15, 0.2) is 54.6 Å². The number of hydrogen-bond donors (Lipinski definition) is 2. The van der Waals surface area contributed by atoms with Crippen molar-refractivity contribution < 1.29 is 19.7 Å². The van der Waals surface area contributed by atoms with Gasteiger partial charge in [-0.25, -0.2) is 0 Å². The predicted octanol–water partition coefficient (Wildman–Crippen LogP) is 5.15. The highest BCUT2D eigenvalue weighted by Crippen LogP contribution is 2.32. The normalized spacial score (nSPS) is 14.8. The van der Waals surface area contributed by atoms with Gasteiger partial charge < -0.3 is 19.7 Å². The Kier molecular flexibility index (Phi) is 8.45. The lowest BCUT2D eigenvalue weighted by Gasteiger charge is -2.19. The lowest BCUT2D eigenvalue weighted by molar-refractivity contribution is 0.214. The third kappa shape index (κ3) is 6.62. The monoisotopic (exact) mass is 449 g/mol. The summed E-state index contributed by atoms with van der Waals surface area (Å²) in [6.45, 7) is 4.66. The molecule has 0 atom stereocenters. The summed E-state index contributed by atoms with van der Waals surface area (Å²) < 4.78 is 12.0. The highest BCUT2D eigenvalue weighted by molar-refractivity contribution is 5.89. The van der Waals surface area contributed by atoms with E-state index in [-0.39, 0.29) is 12.4 Å². The number of phenols is 1. The molecule has 1 aliphatic heterocycles. The number of ether oxygens (including phenoxy) is 2. The lowest BCUT2D eigenvalue weighted by Crippen LogP contribution is -2.29. The molecule has 33 heavy (non-hydrogen) atoms. The van der Waals surface area contributed by atoms with Crippen LogP contribution in [-0.2, 0) is 6.42 Å². The Morgan fingerprint density at radius 2 is 1.61 bits per heavy atom. The minimum Gasteiger partial charge on any atom is -0.508 e. The second-order valence-corrected chi connectivity index (χ2v) is 8.80. The molecule has 1 fully saturated rings. The Balaban J connectivity index is 1.43. The molecule has 0 radical (unpaired) electrons. The third-order valence-corrected chi connectivity index (χ3v) is 6.31. The van der Waals surface area contributed by atoms with Gasteiger partial charge in [0, 0.05) is 31.6 Å². The average molecular weight is 450 g/mol. The van der Waals surface area contributed by atoms with Crippen molar-refractivity contribution >= 4 is 10.8 Å². The highest BCUT2D eigenvalue weighted by Gasteiger charge is 2.12. The van der Waals surface area contributed by atoms with E-state index < -0.39 is 0 Å². The Bertz CT molecular complexity index is 1010. The number of benzene rings is 3. The minimum absolute atomic E-state index is 0.107. The zero-order valence-electron chi connectivity index (χ0n) is 19.3. The van der Waals surface area contributed by atoms with Crippen LogP contribution < -0.4 is 9.47 Å². The van der Waals surface area contributed by atoms with E-state index in [0.29, 0.717) is 19.4 Å². The molecule has 0 bridgehead atoms. The van der Waals surface area contributed by atoms with Crippen molar-refractivity contribution in [3.8, 4) is 17.2 Å². The Morgan fingerprint density at radius 3 is 2.36 bits per heavy atom. The molecule has 0 aromatic heterocycles.